The van der Waals surface area contributed by atoms with Gasteiger partial charge in [-0.15, -0.1) is 0 Å². The molecule has 2 aromatic heterocycles. The van der Waals surface area contributed by atoms with E-state index in [1.165, 1.54) is 18.5 Å². The smallest absolute Gasteiger partial charge is 0.251 e. The Labute approximate surface area is 140 Å². The monoisotopic (exact) mass is 321 g/mol. The summed E-state index contributed by atoms with van der Waals surface area (Å²) >= 11 is 0. The standard InChI is InChI=1S/C18H19N5O/c24-18(14-5-3-6-16(11-14)22-10-4-8-20-22)19-12-15-13-21-23-9-2-1-7-17(15)23/h3-6,8,10-11,13H,1-2,7,9,12H2,(H,19,24). The lowest BCUT2D eigenvalue weighted by Gasteiger charge is -2.15. The summed E-state index contributed by atoms with van der Waals surface area (Å²) in [6.45, 7) is 1.50. The molecule has 1 aromatic carbocycles. The lowest BCUT2D eigenvalue weighted by Crippen LogP contribution is -2.24. The normalized spacial score (nSPS) is 13.5. The molecule has 122 valence electrons. The fourth-order valence-electron chi connectivity index (χ4n) is 3.12. The molecule has 1 aliphatic heterocycles. The number of hydrogen-bond acceptors (Lipinski definition) is 3. The summed E-state index contributed by atoms with van der Waals surface area (Å²) in [4.78, 5) is 12.5. The summed E-state index contributed by atoms with van der Waals surface area (Å²) in [7, 11) is 0. The number of hydrogen-bond donors (Lipinski definition) is 1. The van der Waals surface area contributed by atoms with Gasteiger partial charge in [0.1, 0.15) is 0 Å². The molecule has 1 aliphatic rings. The molecule has 0 saturated heterocycles. The summed E-state index contributed by atoms with van der Waals surface area (Å²) in [6, 6.07) is 9.31. The molecule has 3 aromatic rings. The number of carbonyl (C=O) groups is 1. The zero-order valence-corrected chi connectivity index (χ0v) is 13.4. The molecular weight excluding hydrogens is 302 g/mol. The zero-order valence-electron chi connectivity index (χ0n) is 13.4. The molecule has 0 aliphatic carbocycles. The van der Waals surface area contributed by atoms with Crippen LogP contribution in [0.2, 0.25) is 0 Å². The second-order valence-electron chi connectivity index (χ2n) is 5.98. The fourth-order valence-corrected chi connectivity index (χ4v) is 3.12. The number of rotatable bonds is 4. The van der Waals surface area contributed by atoms with Crippen molar-refractivity contribution in [1.29, 1.82) is 0 Å². The number of aryl methyl sites for hydroxylation is 1. The molecule has 6 heteroatoms. The lowest BCUT2D eigenvalue weighted by molar-refractivity contribution is 0.0951. The predicted molar refractivity (Wildman–Crippen MR) is 89.9 cm³/mol. The van der Waals surface area contributed by atoms with Crippen LogP contribution in [0.5, 0.6) is 0 Å². The molecule has 0 fully saturated rings. The molecule has 0 saturated carbocycles. The molecule has 1 amide bonds. The van der Waals surface area contributed by atoms with E-state index in [1.807, 2.05) is 42.7 Å². The second kappa shape index (κ2) is 6.31. The van der Waals surface area contributed by atoms with Gasteiger partial charge in [-0.3, -0.25) is 9.48 Å². The molecule has 0 bridgehead atoms. The van der Waals surface area contributed by atoms with E-state index in [2.05, 4.69) is 20.2 Å². The summed E-state index contributed by atoms with van der Waals surface area (Å²) in [6.07, 6.45) is 8.87. The topological polar surface area (TPSA) is 64.7 Å². The van der Waals surface area contributed by atoms with Crippen molar-refractivity contribution in [2.75, 3.05) is 0 Å². The van der Waals surface area contributed by atoms with Gasteiger partial charge in [0.05, 0.1) is 11.9 Å². The zero-order chi connectivity index (χ0) is 16.4. The van der Waals surface area contributed by atoms with Crippen LogP contribution < -0.4 is 5.32 Å². The molecule has 24 heavy (non-hydrogen) atoms. The van der Waals surface area contributed by atoms with E-state index in [0.717, 1.165) is 24.2 Å². The van der Waals surface area contributed by atoms with E-state index in [9.17, 15) is 4.79 Å². The average Bonchev–Trinajstić information content (AvgIpc) is 3.30. The number of nitrogens with zero attached hydrogens (tertiary/aromatic N) is 4. The van der Waals surface area contributed by atoms with Gasteiger partial charge < -0.3 is 5.32 Å². The van der Waals surface area contributed by atoms with Gasteiger partial charge in [-0.05, 0) is 43.5 Å². The Balaban J connectivity index is 1.47. The van der Waals surface area contributed by atoms with Crippen LogP contribution in [0.25, 0.3) is 5.69 Å². The van der Waals surface area contributed by atoms with Gasteiger partial charge in [-0.2, -0.15) is 10.2 Å². The Morgan fingerprint density at radius 1 is 1.21 bits per heavy atom. The summed E-state index contributed by atoms with van der Waals surface area (Å²) in [5, 5.41) is 11.6. The van der Waals surface area contributed by atoms with Gasteiger partial charge in [-0.1, -0.05) is 6.07 Å². The minimum atomic E-state index is -0.0836. The van der Waals surface area contributed by atoms with Gasteiger partial charge in [0.25, 0.3) is 5.91 Å². The molecule has 4 rings (SSSR count). The predicted octanol–water partition coefficient (Wildman–Crippen LogP) is 2.34. The third-order valence-electron chi connectivity index (χ3n) is 4.39. The number of nitrogens with one attached hydrogen (secondary N) is 1. The summed E-state index contributed by atoms with van der Waals surface area (Å²) < 4.78 is 3.80. The quantitative estimate of drug-likeness (QED) is 0.802. The minimum absolute atomic E-state index is 0.0836. The van der Waals surface area contributed by atoms with Crippen molar-refractivity contribution in [1.82, 2.24) is 24.9 Å². The second-order valence-corrected chi connectivity index (χ2v) is 5.98. The highest BCUT2D eigenvalue weighted by Gasteiger charge is 2.15. The first-order chi connectivity index (χ1) is 11.8. The fraction of sp³-hybridized carbons (Fsp3) is 0.278. The number of fused-ring (bicyclic) bond motifs is 1. The van der Waals surface area contributed by atoms with E-state index in [-0.39, 0.29) is 5.91 Å². The first-order valence-electron chi connectivity index (χ1n) is 8.23. The number of amides is 1. The van der Waals surface area contributed by atoms with E-state index in [0.29, 0.717) is 12.1 Å². The van der Waals surface area contributed by atoms with Crippen LogP contribution >= 0.6 is 0 Å². The molecular formula is C18H19N5O. The van der Waals surface area contributed by atoms with Gasteiger partial charge in [0.15, 0.2) is 0 Å². The van der Waals surface area contributed by atoms with Crippen LogP contribution in [0, 0.1) is 0 Å². The van der Waals surface area contributed by atoms with E-state index in [4.69, 9.17) is 0 Å². The van der Waals surface area contributed by atoms with Crippen molar-refractivity contribution in [2.24, 2.45) is 0 Å². The van der Waals surface area contributed by atoms with Crippen LogP contribution in [0.3, 0.4) is 0 Å². The summed E-state index contributed by atoms with van der Waals surface area (Å²) in [5.41, 5.74) is 3.87. The van der Waals surface area contributed by atoms with Crippen LogP contribution in [-0.4, -0.2) is 25.5 Å². The van der Waals surface area contributed by atoms with Crippen molar-refractivity contribution in [2.45, 2.75) is 32.4 Å². The highest BCUT2D eigenvalue weighted by Crippen LogP contribution is 2.18. The van der Waals surface area contributed by atoms with Gasteiger partial charge in [0, 0.05) is 42.3 Å². The van der Waals surface area contributed by atoms with Crippen molar-refractivity contribution in [3.8, 4) is 5.69 Å². The van der Waals surface area contributed by atoms with Crippen molar-refractivity contribution in [3.05, 3.63) is 65.7 Å². The van der Waals surface area contributed by atoms with Gasteiger partial charge in [0.2, 0.25) is 0 Å². The van der Waals surface area contributed by atoms with E-state index >= 15 is 0 Å². The largest absolute Gasteiger partial charge is 0.348 e. The number of benzene rings is 1. The van der Waals surface area contributed by atoms with Gasteiger partial charge in [-0.25, -0.2) is 4.68 Å². The Morgan fingerprint density at radius 3 is 3.04 bits per heavy atom. The summed E-state index contributed by atoms with van der Waals surface area (Å²) in [5.74, 6) is -0.0836. The maximum absolute atomic E-state index is 12.5. The number of aromatic nitrogens is 4. The van der Waals surface area contributed by atoms with E-state index in [1.54, 1.807) is 10.9 Å². The molecule has 6 nitrogen and oxygen atoms in total. The SMILES string of the molecule is O=C(NCc1cnn2c1CCCC2)c1cccc(-n2cccn2)c1. The Morgan fingerprint density at radius 2 is 2.17 bits per heavy atom. The Kier molecular flexibility index (Phi) is 3.86. The molecule has 0 spiro atoms. The third-order valence-corrected chi connectivity index (χ3v) is 4.39. The third kappa shape index (κ3) is 2.82. The Bertz CT molecular complexity index is 850. The van der Waals surface area contributed by atoms with Crippen LogP contribution in [0.1, 0.15) is 34.5 Å². The average molecular weight is 321 g/mol. The lowest BCUT2D eigenvalue weighted by atomic mass is 10.1. The molecule has 0 radical (unpaired) electrons. The highest BCUT2D eigenvalue weighted by molar-refractivity contribution is 5.94. The van der Waals surface area contributed by atoms with Crippen molar-refractivity contribution in [3.63, 3.8) is 0 Å². The van der Waals surface area contributed by atoms with Crippen molar-refractivity contribution >= 4 is 5.91 Å². The molecule has 3 heterocycles. The van der Waals surface area contributed by atoms with Crippen molar-refractivity contribution < 1.29 is 4.79 Å². The van der Waals surface area contributed by atoms with Crippen LogP contribution in [0.15, 0.2) is 48.9 Å². The minimum Gasteiger partial charge on any atom is -0.348 e. The molecule has 0 unspecified atom stereocenters. The van der Waals surface area contributed by atoms with Gasteiger partial charge >= 0.3 is 0 Å². The van der Waals surface area contributed by atoms with Crippen LogP contribution in [0.4, 0.5) is 0 Å². The number of carbonyl (C=O) groups excluding carboxylic acids is 1. The maximum atomic E-state index is 12.5. The molecule has 0 atom stereocenters. The van der Waals surface area contributed by atoms with Crippen LogP contribution in [-0.2, 0) is 19.5 Å². The molecule has 1 N–H and O–H groups in total. The van der Waals surface area contributed by atoms with E-state index < -0.39 is 0 Å². The first-order valence-corrected chi connectivity index (χ1v) is 8.23. The first kappa shape index (κ1) is 14.7. The maximum Gasteiger partial charge on any atom is 0.251 e. The Hall–Kier alpha value is -2.89. The highest BCUT2D eigenvalue weighted by atomic mass is 16.1.